The summed E-state index contributed by atoms with van der Waals surface area (Å²) in [6.07, 6.45) is 5.03. The van der Waals surface area contributed by atoms with Crippen molar-refractivity contribution < 1.29 is 43.9 Å². The summed E-state index contributed by atoms with van der Waals surface area (Å²) >= 11 is 5.90. The molecule has 0 unspecified atom stereocenters. The van der Waals surface area contributed by atoms with Gasteiger partial charge < -0.3 is 14.4 Å². The molecule has 0 spiro atoms. The molecule has 2 heterocycles. The molecule has 1 aliphatic carbocycles. The van der Waals surface area contributed by atoms with Crippen molar-refractivity contribution in [1.29, 1.82) is 0 Å². The Morgan fingerprint density at radius 1 is 1.12 bits per heavy atom. The van der Waals surface area contributed by atoms with Gasteiger partial charge in [0.05, 0.1) is 12.4 Å². The van der Waals surface area contributed by atoms with Crippen LogP contribution in [0.1, 0.15) is 24.3 Å². The molecule has 1 fully saturated rings. The van der Waals surface area contributed by atoms with Crippen molar-refractivity contribution in [1.82, 2.24) is 15.1 Å². The number of ether oxygens (including phenoxy) is 1. The average Bonchev–Trinajstić information content (AvgIpc) is 2.99. The van der Waals surface area contributed by atoms with Crippen molar-refractivity contribution in [2.45, 2.75) is 24.9 Å². The molecule has 4 rings (SSSR count). The Bertz CT molecular complexity index is 833. The maximum atomic E-state index is 11.0. The molecule has 0 amide bonds. The van der Waals surface area contributed by atoms with Crippen LogP contribution in [0.5, 0.6) is 11.8 Å². The third-order valence-electron chi connectivity index (χ3n) is 4.09. The van der Waals surface area contributed by atoms with Gasteiger partial charge in [-0.15, -0.1) is 0 Å². The molecule has 122 valence electrons. The zero-order valence-corrected chi connectivity index (χ0v) is 16.3. The quantitative estimate of drug-likeness (QED) is 0.614. The molecular formula is C17H13ClN3NaO3. The van der Waals surface area contributed by atoms with Gasteiger partial charge in [-0.1, -0.05) is 28.9 Å². The van der Waals surface area contributed by atoms with Crippen LogP contribution < -0.4 is 39.4 Å². The van der Waals surface area contributed by atoms with Crippen LogP contribution in [0.4, 0.5) is 0 Å². The van der Waals surface area contributed by atoms with Gasteiger partial charge in [0.25, 0.3) is 0 Å². The van der Waals surface area contributed by atoms with E-state index in [4.69, 9.17) is 20.9 Å². The summed E-state index contributed by atoms with van der Waals surface area (Å²) in [4.78, 5) is 8.39. The molecule has 0 radical (unpaired) electrons. The van der Waals surface area contributed by atoms with E-state index >= 15 is 0 Å². The van der Waals surface area contributed by atoms with E-state index in [1.54, 1.807) is 0 Å². The van der Waals surface area contributed by atoms with Gasteiger partial charge in [-0.05, 0) is 36.5 Å². The Balaban J connectivity index is 0.00000182. The monoisotopic (exact) mass is 365 g/mol. The summed E-state index contributed by atoms with van der Waals surface area (Å²) in [6, 6.07) is 9.20. The molecule has 1 aromatic carbocycles. The molecule has 6 nitrogen and oxygen atoms in total. The molecule has 0 N–H and O–H groups in total. The molecule has 0 bridgehead atoms. The van der Waals surface area contributed by atoms with Gasteiger partial charge in [0.15, 0.2) is 5.76 Å². The number of hydrogen-bond donors (Lipinski definition) is 0. The standard InChI is InChI=1S/C17H14ClN3O3.Na/c18-12-3-1-10(2-4-12)11-5-13(6-11)23-17-9-19-14(8-20-17)15-7-16(22)21-24-15;/h1-4,7-9,11,13H,5-6H2,(H,21,22);/q;+1/p-1/t11-,13+;. The van der Waals surface area contributed by atoms with Crippen LogP contribution >= 0.6 is 11.6 Å². The molecule has 1 aliphatic rings. The van der Waals surface area contributed by atoms with Crippen LogP contribution in [-0.4, -0.2) is 21.2 Å². The van der Waals surface area contributed by atoms with E-state index in [2.05, 4.69) is 27.3 Å². The van der Waals surface area contributed by atoms with E-state index in [1.807, 2.05) is 12.1 Å². The van der Waals surface area contributed by atoms with Gasteiger partial charge in [-0.25, -0.2) is 9.97 Å². The van der Waals surface area contributed by atoms with Gasteiger partial charge >= 0.3 is 29.6 Å². The molecule has 0 atom stereocenters. The number of rotatable bonds is 4. The minimum absolute atomic E-state index is 0. The third kappa shape index (κ3) is 4.15. The van der Waals surface area contributed by atoms with Crippen LogP contribution in [0, 0.1) is 0 Å². The fourth-order valence-corrected chi connectivity index (χ4v) is 2.85. The third-order valence-corrected chi connectivity index (χ3v) is 4.34. The van der Waals surface area contributed by atoms with Crippen molar-refractivity contribution in [2.75, 3.05) is 0 Å². The smallest absolute Gasteiger partial charge is 0.856 e. The summed E-state index contributed by atoms with van der Waals surface area (Å²) in [6.45, 7) is 0. The maximum absolute atomic E-state index is 11.0. The number of hydrogen-bond acceptors (Lipinski definition) is 6. The molecule has 2 aromatic heterocycles. The van der Waals surface area contributed by atoms with E-state index < -0.39 is 5.88 Å². The first-order valence-corrected chi connectivity index (χ1v) is 7.93. The fourth-order valence-electron chi connectivity index (χ4n) is 2.72. The molecule has 1 saturated carbocycles. The van der Waals surface area contributed by atoms with E-state index in [1.165, 1.54) is 24.0 Å². The maximum Gasteiger partial charge on any atom is 1.00 e. The summed E-state index contributed by atoms with van der Waals surface area (Å²) in [5, 5.41) is 15.0. The van der Waals surface area contributed by atoms with E-state index in [-0.39, 0.29) is 35.7 Å². The van der Waals surface area contributed by atoms with Crippen molar-refractivity contribution in [2.24, 2.45) is 0 Å². The molecule has 3 aromatic rings. The summed E-state index contributed by atoms with van der Waals surface area (Å²) < 4.78 is 10.7. The van der Waals surface area contributed by atoms with Crippen LogP contribution in [-0.2, 0) is 0 Å². The van der Waals surface area contributed by atoms with Crippen LogP contribution in [0.15, 0.2) is 47.2 Å². The summed E-state index contributed by atoms with van der Waals surface area (Å²) in [5.74, 6) is 0.810. The minimum Gasteiger partial charge on any atom is -0.856 e. The second-order valence-electron chi connectivity index (χ2n) is 5.73. The summed E-state index contributed by atoms with van der Waals surface area (Å²) in [5.41, 5.74) is 1.73. The Morgan fingerprint density at radius 3 is 2.48 bits per heavy atom. The second kappa shape index (κ2) is 7.74. The van der Waals surface area contributed by atoms with Crippen LogP contribution in [0.3, 0.4) is 0 Å². The topological polar surface area (TPSA) is 84.1 Å². The predicted octanol–water partition coefficient (Wildman–Crippen LogP) is 0.188. The summed E-state index contributed by atoms with van der Waals surface area (Å²) in [7, 11) is 0. The van der Waals surface area contributed by atoms with Gasteiger partial charge in [-0.3, -0.25) is 0 Å². The number of halogens is 1. The molecule has 0 saturated heterocycles. The number of benzene rings is 1. The van der Waals surface area contributed by atoms with Gasteiger partial charge in [-0.2, -0.15) is 0 Å². The van der Waals surface area contributed by atoms with E-state index in [0.29, 0.717) is 23.3 Å². The van der Waals surface area contributed by atoms with Gasteiger partial charge in [0.2, 0.25) is 5.88 Å². The first-order chi connectivity index (χ1) is 11.7. The Labute approximate surface area is 171 Å². The van der Waals surface area contributed by atoms with E-state index in [0.717, 1.165) is 17.9 Å². The SMILES string of the molecule is [Na+].[O-]c1cc(-c2cnc(O[C@H]3C[C@@H](c4ccc(Cl)cc4)C3)cn2)on1. The van der Waals surface area contributed by atoms with Crippen molar-refractivity contribution in [3.63, 3.8) is 0 Å². The van der Waals surface area contributed by atoms with Crippen molar-refractivity contribution >= 4 is 11.6 Å². The van der Waals surface area contributed by atoms with Crippen molar-refractivity contribution in [3.8, 4) is 23.2 Å². The molecular weight excluding hydrogens is 353 g/mol. The first-order valence-electron chi connectivity index (χ1n) is 7.55. The minimum atomic E-state index is -0.435. The van der Waals surface area contributed by atoms with Gasteiger partial charge in [0.1, 0.15) is 11.8 Å². The van der Waals surface area contributed by atoms with Crippen LogP contribution in [0.2, 0.25) is 5.02 Å². The fraction of sp³-hybridized carbons (Fsp3) is 0.235. The first kappa shape index (κ1) is 18.2. The normalized spacial score (nSPS) is 18.9. The number of nitrogens with zero attached hydrogens (tertiary/aromatic N) is 3. The Morgan fingerprint density at radius 2 is 1.88 bits per heavy atom. The van der Waals surface area contributed by atoms with Crippen LogP contribution in [0.25, 0.3) is 11.5 Å². The second-order valence-corrected chi connectivity index (χ2v) is 6.17. The number of aromatic nitrogens is 3. The molecule has 25 heavy (non-hydrogen) atoms. The predicted molar refractivity (Wildman–Crippen MR) is 84.8 cm³/mol. The molecule has 8 heteroatoms. The largest absolute Gasteiger partial charge is 1.00 e. The Kier molecular flexibility index (Phi) is 5.64. The van der Waals surface area contributed by atoms with Gasteiger partial charge in [0, 0.05) is 17.0 Å². The average molecular weight is 366 g/mol. The zero-order valence-electron chi connectivity index (χ0n) is 13.6. The van der Waals surface area contributed by atoms with Crippen molar-refractivity contribution in [3.05, 3.63) is 53.3 Å². The zero-order chi connectivity index (χ0) is 16.5. The molecule has 0 aliphatic heterocycles. The van der Waals surface area contributed by atoms with E-state index in [9.17, 15) is 5.11 Å². The Hall–Kier alpha value is -1.60.